The number of hydrogen-bond acceptors (Lipinski definition) is 5. The molecule has 2 rings (SSSR count). The number of methoxy groups -OCH3 is 2. The molecule has 0 saturated carbocycles. The van der Waals surface area contributed by atoms with Crippen LogP contribution < -0.4 is 20.2 Å². The predicted octanol–water partition coefficient (Wildman–Crippen LogP) is 3.46. The molecule has 0 heterocycles. The number of nitrogens with one attached hydrogen (secondary N) is 2. The third-order valence-corrected chi connectivity index (χ3v) is 3.92. The predicted molar refractivity (Wildman–Crippen MR) is 109 cm³/mol. The van der Waals surface area contributed by atoms with Crippen LogP contribution in [0.4, 0.5) is 5.69 Å². The molecule has 0 atom stereocenters. The maximum atomic E-state index is 12.3. The second-order valence-corrected chi connectivity index (χ2v) is 6.46. The number of hydrogen-bond donors (Lipinski definition) is 2. The minimum atomic E-state index is -0.437. The molecule has 0 spiro atoms. The van der Waals surface area contributed by atoms with Crippen LogP contribution in [0, 0.1) is 13.8 Å². The van der Waals surface area contributed by atoms with Crippen molar-refractivity contribution in [3.05, 3.63) is 53.1 Å². The molecule has 28 heavy (non-hydrogen) atoms. The second kappa shape index (κ2) is 9.55. The van der Waals surface area contributed by atoms with Gasteiger partial charge in [0, 0.05) is 17.5 Å². The molecule has 148 valence electrons. The molecular formula is C21H25N3O4. The fraction of sp³-hybridized carbons (Fsp3) is 0.286. The zero-order valence-electron chi connectivity index (χ0n) is 16.8. The van der Waals surface area contributed by atoms with Crippen LogP contribution in [0.5, 0.6) is 11.5 Å². The molecule has 0 aliphatic heterocycles. The summed E-state index contributed by atoms with van der Waals surface area (Å²) < 4.78 is 10.3. The Kier molecular flexibility index (Phi) is 7.14. The molecule has 0 aliphatic rings. The summed E-state index contributed by atoms with van der Waals surface area (Å²) in [4.78, 5) is 24.5. The molecule has 0 aliphatic carbocycles. The number of aryl methyl sites for hydroxylation is 2. The Morgan fingerprint density at radius 3 is 2.29 bits per heavy atom. The second-order valence-electron chi connectivity index (χ2n) is 6.46. The molecule has 0 fully saturated rings. The molecule has 2 N–H and O–H groups in total. The Morgan fingerprint density at radius 2 is 1.68 bits per heavy atom. The molecule has 7 nitrogen and oxygen atoms in total. The van der Waals surface area contributed by atoms with Gasteiger partial charge in [0.05, 0.1) is 26.2 Å². The first-order chi connectivity index (χ1) is 13.3. The van der Waals surface area contributed by atoms with Crippen molar-refractivity contribution in [1.82, 2.24) is 5.43 Å². The number of ether oxygens (including phenoxy) is 2. The number of amides is 2. The molecule has 0 radical (unpaired) electrons. The number of carbonyl (C=O) groups excluding carboxylic acids is 2. The summed E-state index contributed by atoms with van der Waals surface area (Å²) in [5.41, 5.74) is 6.12. The Morgan fingerprint density at radius 1 is 1.00 bits per heavy atom. The van der Waals surface area contributed by atoms with Crippen LogP contribution in [0.2, 0.25) is 0 Å². The van der Waals surface area contributed by atoms with Gasteiger partial charge in [0.25, 0.3) is 5.91 Å². The van der Waals surface area contributed by atoms with Gasteiger partial charge in [-0.15, -0.1) is 0 Å². The van der Waals surface area contributed by atoms with Gasteiger partial charge in [0.15, 0.2) is 0 Å². The van der Waals surface area contributed by atoms with E-state index in [-0.39, 0.29) is 12.3 Å². The lowest BCUT2D eigenvalue weighted by Crippen LogP contribution is -2.22. The van der Waals surface area contributed by atoms with E-state index in [4.69, 9.17) is 9.47 Å². The minimum absolute atomic E-state index is 0.0625. The van der Waals surface area contributed by atoms with Crippen LogP contribution >= 0.6 is 0 Å². The Bertz CT molecular complexity index is 886. The normalized spacial score (nSPS) is 11.0. The summed E-state index contributed by atoms with van der Waals surface area (Å²) in [5, 5.41) is 6.84. The number of nitrogens with zero attached hydrogens (tertiary/aromatic N) is 1. The van der Waals surface area contributed by atoms with E-state index >= 15 is 0 Å². The van der Waals surface area contributed by atoms with Crippen molar-refractivity contribution in [2.24, 2.45) is 5.10 Å². The summed E-state index contributed by atoms with van der Waals surface area (Å²) >= 11 is 0. The molecule has 0 bridgehead atoms. The topological polar surface area (TPSA) is 89.0 Å². The third kappa shape index (κ3) is 5.84. The monoisotopic (exact) mass is 383 g/mol. The van der Waals surface area contributed by atoms with Gasteiger partial charge in [-0.25, -0.2) is 5.43 Å². The van der Waals surface area contributed by atoms with Gasteiger partial charge in [-0.2, -0.15) is 5.10 Å². The van der Waals surface area contributed by atoms with E-state index in [1.54, 1.807) is 25.1 Å². The number of benzene rings is 2. The van der Waals surface area contributed by atoms with Gasteiger partial charge < -0.3 is 14.8 Å². The van der Waals surface area contributed by atoms with E-state index < -0.39 is 5.91 Å². The van der Waals surface area contributed by atoms with E-state index in [0.717, 1.165) is 16.8 Å². The van der Waals surface area contributed by atoms with Gasteiger partial charge in [0.1, 0.15) is 11.5 Å². The van der Waals surface area contributed by atoms with Crippen LogP contribution in [0.15, 0.2) is 41.5 Å². The van der Waals surface area contributed by atoms with Crippen molar-refractivity contribution in [1.29, 1.82) is 0 Å². The van der Waals surface area contributed by atoms with E-state index in [1.165, 1.54) is 14.2 Å². The van der Waals surface area contributed by atoms with Gasteiger partial charge in [-0.1, -0.05) is 6.07 Å². The van der Waals surface area contributed by atoms with Gasteiger partial charge >= 0.3 is 0 Å². The van der Waals surface area contributed by atoms with Gasteiger partial charge in [-0.3, -0.25) is 9.59 Å². The highest BCUT2D eigenvalue weighted by molar-refractivity contribution is 6.06. The highest BCUT2D eigenvalue weighted by atomic mass is 16.5. The molecule has 0 aromatic heterocycles. The number of anilines is 1. The number of carbonyl (C=O) groups is 2. The van der Waals surface area contributed by atoms with Crippen molar-refractivity contribution in [3.63, 3.8) is 0 Å². The molecule has 0 saturated heterocycles. The summed E-state index contributed by atoms with van der Waals surface area (Å²) in [7, 11) is 3.00. The van der Waals surface area contributed by atoms with Crippen molar-refractivity contribution >= 4 is 23.2 Å². The summed E-state index contributed by atoms with van der Waals surface area (Å²) in [5.74, 6) is 0.310. The van der Waals surface area contributed by atoms with Crippen molar-refractivity contribution in [2.75, 3.05) is 19.5 Å². The average Bonchev–Trinajstić information content (AvgIpc) is 2.64. The largest absolute Gasteiger partial charge is 0.497 e. The fourth-order valence-corrected chi connectivity index (χ4v) is 2.72. The Labute approximate surface area is 164 Å². The first-order valence-corrected chi connectivity index (χ1v) is 8.76. The maximum Gasteiger partial charge on any atom is 0.275 e. The quantitative estimate of drug-likeness (QED) is 0.566. The van der Waals surface area contributed by atoms with Crippen molar-refractivity contribution < 1.29 is 19.1 Å². The zero-order chi connectivity index (χ0) is 20.7. The first-order valence-electron chi connectivity index (χ1n) is 8.76. The average molecular weight is 383 g/mol. The Hall–Kier alpha value is -3.35. The molecule has 2 amide bonds. The highest BCUT2D eigenvalue weighted by Gasteiger charge is 2.13. The van der Waals surface area contributed by atoms with Gasteiger partial charge in [0.2, 0.25) is 5.91 Å². The van der Waals surface area contributed by atoms with Crippen LogP contribution in [0.25, 0.3) is 0 Å². The highest BCUT2D eigenvalue weighted by Crippen LogP contribution is 2.24. The summed E-state index contributed by atoms with van der Waals surface area (Å²) in [6.45, 7) is 5.61. The molecule has 7 heteroatoms. The minimum Gasteiger partial charge on any atom is -0.497 e. The Balaban J connectivity index is 1.98. The number of hydrazone groups is 1. The van der Waals surface area contributed by atoms with E-state index in [2.05, 4.69) is 15.8 Å². The van der Waals surface area contributed by atoms with Crippen LogP contribution in [0.1, 0.15) is 34.8 Å². The van der Waals surface area contributed by atoms with E-state index in [9.17, 15) is 9.59 Å². The SMILES string of the molecule is COc1ccc(C(=O)N/N=C(/C)CC(=O)Nc2cc(C)cc(C)c2)c(OC)c1. The lowest BCUT2D eigenvalue weighted by molar-refractivity contribution is -0.115. The van der Waals surface area contributed by atoms with E-state index in [1.807, 2.05) is 32.0 Å². The summed E-state index contributed by atoms with van der Waals surface area (Å²) in [6, 6.07) is 10.7. The van der Waals surface area contributed by atoms with Gasteiger partial charge in [-0.05, 0) is 56.2 Å². The molecule has 0 unspecified atom stereocenters. The van der Waals surface area contributed by atoms with Crippen LogP contribution in [-0.4, -0.2) is 31.7 Å². The lowest BCUT2D eigenvalue weighted by Gasteiger charge is -2.10. The standard InChI is InChI=1S/C21H25N3O4/c1-13-8-14(2)10-16(9-13)22-20(25)11-15(3)23-24-21(26)18-7-6-17(27-4)12-19(18)28-5/h6-10,12H,11H2,1-5H3,(H,22,25)(H,24,26)/b23-15-. The molecular weight excluding hydrogens is 358 g/mol. The summed E-state index contributed by atoms with van der Waals surface area (Å²) in [6.07, 6.45) is 0.0625. The fourth-order valence-electron chi connectivity index (χ4n) is 2.72. The third-order valence-electron chi connectivity index (χ3n) is 3.92. The molecule has 2 aromatic carbocycles. The van der Waals surface area contributed by atoms with Crippen LogP contribution in [0.3, 0.4) is 0 Å². The van der Waals surface area contributed by atoms with E-state index in [0.29, 0.717) is 22.8 Å². The lowest BCUT2D eigenvalue weighted by atomic mass is 10.1. The van der Waals surface area contributed by atoms with Crippen molar-refractivity contribution in [2.45, 2.75) is 27.2 Å². The number of rotatable bonds is 7. The first kappa shape index (κ1) is 21.0. The maximum absolute atomic E-state index is 12.3. The smallest absolute Gasteiger partial charge is 0.275 e. The van der Waals surface area contributed by atoms with Crippen LogP contribution in [-0.2, 0) is 4.79 Å². The zero-order valence-corrected chi connectivity index (χ0v) is 16.8. The van der Waals surface area contributed by atoms with Crippen molar-refractivity contribution in [3.8, 4) is 11.5 Å². The molecule has 2 aromatic rings.